The van der Waals surface area contributed by atoms with Gasteiger partial charge in [0.15, 0.2) is 0 Å². The van der Waals surface area contributed by atoms with Crippen LogP contribution >= 0.6 is 0 Å². The van der Waals surface area contributed by atoms with Crippen molar-refractivity contribution >= 4 is 23.4 Å². The van der Waals surface area contributed by atoms with E-state index in [2.05, 4.69) is 16.0 Å². The average molecular weight is 355 g/mol. The molecule has 0 radical (unpaired) electrons. The molecule has 0 saturated heterocycles. The highest BCUT2D eigenvalue weighted by molar-refractivity contribution is 6.09. The van der Waals surface area contributed by atoms with Gasteiger partial charge in [-0.2, -0.15) is 0 Å². The molecule has 1 atom stereocenters. The third-order valence-corrected chi connectivity index (χ3v) is 4.15. The van der Waals surface area contributed by atoms with Crippen molar-refractivity contribution in [2.75, 3.05) is 5.32 Å². The summed E-state index contributed by atoms with van der Waals surface area (Å²) in [5.74, 6) is -1.45. The Balaban J connectivity index is 1.54. The SMILES string of the molecule is O=C(CC[C@H]1NC(=O)c2ccccc2NC1=O)NCc1ccccc1F. The number of amides is 3. The molecule has 1 aliphatic heterocycles. The number of benzene rings is 2. The first-order valence-corrected chi connectivity index (χ1v) is 8.25. The maximum absolute atomic E-state index is 13.5. The van der Waals surface area contributed by atoms with Crippen LogP contribution in [0.5, 0.6) is 0 Å². The summed E-state index contributed by atoms with van der Waals surface area (Å²) in [6.45, 7) is 0.0696. The normalized spacial score (nSPS) is 16.1. The predicted molar refractivity (Wildman–Crippen MR) is 93.8 cm³/mol. The topological polar surface area (TPSA) is 87.3 Å². The molecule has 3 amide bonds. The minimum absolute atomic E-state index is 0.0309. The second kappa shape index (κ2) is 7.77. The minimum Gasteiger partial charge on any atom is -0.352 e. The number of fused-ring (bicyclic) bond motifs is 1. The highest BCUT2D eigenvalue weighted by atomic mass is 19.1. The standard InChI is InChI=1S/C19H18FN3O3/c20-14-7-3-1-5-12(14)11-21-17(24)10-9-16-19(26)22-15-8-4-2-6-13(15)18(25)23-16/h1-8,16H,9-11H2,(H,21,24)(H,22,26)(H,23,25)/t16-/m1/s1. The lowest BCUT2D eigenvalue weighted by molar-refractivity contribution is -0.122. The number of rotatable bonds is 5. The Bertz CT molecular complexity index is 853. The van der Waals surface area contributed by atoms with Crippen LogP contribution in [0.1, 0.15) is 28.8 Å². The molecule has 0 aliphatic carbocycles. The number of anilines is 1. The number of carbonyl (C=O) groups excluding carboxylic acids is 3. The molecule has 3 rings (SSSR count). The Kier molecular flexibility index (Phi) is 5.26. The zero-order chi connectivity index (χ0) is 18.5. The molecule has 2 aromatic carbocycles. The van der Waals surface area contributed by atoms with Crippen molar-refractivity contribution in [2.24, 2.45) is 0 Å². The Morgan fingerprint density at radius 2 is 1.81 bits per heavy atom. The molecular weight excluding hydrogens is 337 g/mol. The summed E-state index contributed by atoms with van der Waals surface area (Å²) in [5.41, 5.74) is 1.21. The van der Waals surface area contributed by atoms with Gasteiger partial charge in [-0.1, -0.05) is 30.3 Å². The first kappa shape index (κ1) is 17.6. The summed E-state index contributed by atoms with van der Waals surface area (Å²) in [5, 5.41) is 7.94. The van der Waals surface area contributed by atoms with Gasteiger partial charge >= 0.3 is 0 Å². The highest BCUT2D eigenvalue weighted by Crippen LogP contribution is 2.19. The van der Waals surface area contributed by atoms with Gasteiger partial charge in [0.2, 0.25) is 11.8 Å². The number of hydrogen-bond acceptors (Lipinski definition) is 3. The molecule has 6 nitrogen and oxygen atoms in total. The molecule has 1 heterocycles. The summed E-state index contributed by atoms with van der Waals surface area (Å²) >= 11 is 0. The van der Waals surface area contributed by atoms with E-state index in [0.717, 1.165) is 0 Å². The quantitative estimate of drug-likeness (QED) is 0.766. The fourth-order valence-corrected chi connectivity index (χ4v) is 2.71. The second-order valence-electron chi connectivity index (χ2n) is 5.97. The van der Waals surface area contributed by atoms with Crippen LogP contribution in [-0.2, 0) is 16.1 Å². The molecule has 3 N–H and O–H groups in total. The fourth-order valence-electron chi connectivity index (χ4n) is 2.71. The van der Waals surface area contributed by atoms with Crippen LogP contribution in [0.3, 0.4) is 0 Å². The van der Waals surface area contributed by atoms with E-state index < -0.39 is 6.04 Å². The first-order valence-electron chi connectivity index (χ1n) is 8.25. The summed E-state index contributed by atoms with van der Waals surface area (Å²) in [4.78, 5) is 36.4. The van der Waals surface area contributed by atoms with Gasteiger partial charge in [-0.3, -0.25) is 14.4 Å². The van der Waals surface area contributed by atoms with Crippen LogP contribution in [0.4, 0.5) is 10.1 Å². The number of halogens is 1. The van der Waals surface area contributed by atoms with E-state index in [0.29, 0.717) is 16.8 Å². The van der Waals surface area contributed by atoms with Crippen molar-refractivity contribution in [1.82, 2.24) is 10.6 Å². The Labute approximate surface area is 149 Å². The van der Waals surface area contributed by atoms with Crippen LogP contribution in [0.2, 0.25) is 0 Å². The van der Waals surface area contributed by atoms with Crippen LogP contribution in [-0.4, -0.2) is 23.8 Å². The fraction of sp³-hybridized carbons (Fsp3) is 0.211. The number of para-hydroxylation sites is 1. The summed E-state index contributed by atoms with van der Waals surface area (Å²) in [6.07, 6.45) is 0.178. The maximum Gasteiger partial charge on any atom is 0.254 e. The van der Waals surface area contributed by atoms with Crippen molar-refractivity contribution in [3.63, 3.8) is 0 Å². The van der Waals surface area contributed by atoms with Gasteiger partial charge < -0.3 is 16.0 Å². The number of nitrogens with one attached hydrogen (secondary N) is 3. The van der Waals surface area contributed by atoms with Crippen molar-refractivity contribution in [3.05, 3.63) is 65.5 Å². The van der Waals surface area contributed by atoms with E-state index in [1.54, 1.807) is 42.5 Å². The van der Waals surface area contributed by atoms with Crippen molar-refractivity contribution in [2.45, 2.75) is 25.4 Å². The third kappa shape index (κ3) is 4.05. The highest BCUT2D eigenvalue weighted by Gasteiger charge is 2.27. The zero-order valence-electron chi connectivity index (χ0n) is 13.9. The molecule has 0 aromatic heterocycles. The summed E-state index contributed by atoms with van der Waals surface area (Å²) in [7, 11) is 0. The average Bonchev–Trinajstić information content (AvgIpc) is 2.76. The molecule has 0 saturated carbocycles. The van der Waals surface area contributed by atoms with Gasteiger partial charge in [0, 0.05) is 18.5 Å². The van der Waals surface area contributed by atoms with Gasteiger partial charge in [0.05, 0.1) is 11.3 Å². The van der Waals surface area contributed by atoms with E-state index in [1.807, 2.05) is 0 Å². The Hall–Kier alpha value is -3.22. The second-order valence-corrected chi connectivity index (χ2v) is 5.97. The lowest BCUT2D eigenvalue weighted by Gasteiger charge is -2.14. The molecular formula is C19H18FN3O3. The van der Waals surface area contributed by atoms with Gasteiger partial charge in [-0.25, -0.2) is 4.39 Å². The molecule has 2 aromatic rings. The summed E-state index contributed by atoms with van der Waals surface area (Å²) in [6, 6.07) is 12.1. The van der Waals surface area contributed by atoms with Crippen molar-refractivity contribution in [1.29, 1.82) is 0 Å². The monoisotopic (exact) mass is 355 g/mol. The lowest BCUT2D eigenvalue weighted by atomic mass is 10.1. The van der Waals surface area contributed by atoms with E-state index >= 15 is 0 Å². The predicted octanol–water partition coefficient (Wildman–Crippen LogP) is 1.97. The van der Waals surface area contributed by atoms with E-state index in [1.165, 1.54) is 6.07 Å². The van der Waals surface area contributed by atoms with Crippen LogP contribution < -0.4 is 16.0 Å². The number of hydrogen-bond donors (Lipinski definition) is 3. The van der Waals surface area contributed by atoms with Gasteiger partial charge in [0.25, 0.3) is 5.91 Å². The van der Waals surface area contributed by atoms with E-state index in [-0.39, 0.29) is 42.9 Å². The molecule has 0 unspecified atom stereocenters. The molecule has 7 heteroatoms. The van der Waals surface area contributed by atoms with Gasteiger partial charge in [0.1, 0.15) is 11.9 Å². The van der Waals surface area contributed by atoms with Crippen LogP contribution in [0, 0.1) is 5.82 Å². The van der Waals surface area contributed by atoms with Crippen LogP contribution in [0.25, 0.3) is 0 Å². The van der Waals surface area contributed by atoms with Gasteiger partial charge in [-0.15, -0.1) is 0 Å². The largest absolute Gasteiger partial charge is 0.352 e. The first-order chi connectivity index (χ1) is 12.5. The smallest absolute Gasteiger partial charge is 0.254 e. The Morgan fingerprint density at radius 1 is 1.08 bits per heavy atom. The Morgan fingerprint density at radius 3 is 2.62 bits per heavy atom. The molecule has 0 bridgehead atoms. The zero-order valence-corrected chi connectivity index (χ0v) is 13.9. The third-order valence-electron chi connectivity index (χ3n) is 4.15. The molecule has 0 spiro atoms. The van der Waals surface area contributed by atoms with Gasteiger partial charge in [-0.05, 0) is 24.6 Å². The van der Waals surface area contributed by atoms with Crippen LogP contribution in [0.15, 0.2) is 48.5 Å². The maximum atomic E-state index is 13.5. The summed E-state index contributed by atoms with van der Waals surface area (Å²) < 4.78 is 13.5. The lowest BCUT2D eigenvalue weighted by Crippen LogP contribution is -2.42. The van der Waals surface area contributed by atoms with Crippen molar-refractivity contribution in [3.8, 4) is 0 Å². The van der Waals surface area contributed by atoms with Crippen molar-refractivity contribution < 1.29 is 18.8 Å². The minimum atomic E-state index is -0.811. The molecule has 134 valence electrons. The van der Waals surface area contributed by atoms with E-state index in [4.69, 9.17) is 0 Å². The molecule has 0 fully saturated rings. The molecule has 1 aliphatic rings. The van der Waals surface area contributed by atoms with E-state index in [9.17, 15) is 18.8 Å². The molecule has 26 heavy (non-hydrogen) atoms. The number of carbonyl (C=O) groups is 3.